The highest BCUT2D eigenvalue weighted by Gasteiger charge is 2.41. The van der Waals surface area contributed by atoms with Gasteiger partial charge in [0.1, 0.15) is 17.2 Å². The zero-order valence-electron chi connectivity index (χ0n) is 9.62. The minimum Gasteiger partial charge on any atom is -0.486 e. The van der Waals surface area contributed by atoms with E-state index in [9.17, 15) is 4.39 Å². The van der Waals surface area contributed by atoms with E-state index in [0.717, 1.165) is 30.6 Å². The third-order valence-corrected chi connectivity index (χ3v) is 4.89. The summed E-state index contributed by atoms with van der Waals surface area (Å²) in [5.74, 6) is 2.55. The molecule has 0 bridgehead atoms. The molecule has 1 aromatic carbocycles. The molecule has 2 N–H and O–H groups in total. The zero-order chi connectivity index (χ0) is 11.9. The highest BCUT2D eigenvalue weighted by atomic mass is 32.2. The highest BCUT2D eigenvalue weighted by molar-refractivity contribution is 7.99. The van der Waals surface area contributed by atoms with Gasteiger partial charge in [0.25, 0.3) is 0 Å². The van der Waals surface area contributed by atoms with Gasteiger partial charge in [0.05, 0.1) is 0 Å². The molecular formula is C13H16FNOS. The maximum atomic E-state index is 13.3. The van der Waals surface area contributed by atoms with Crippen molar-refractivity contribution >= 4 is 11.8 Å². The van der Waals surface area contributed by atoms with Gasteiger partial charge in [-0.2, -0.15) is 11.8 Å². The largest absolute Gasteiger partial charge is 0.486 e. The molecule has 2 nitrogen and oxygen atoms in total. The van der Waals surface area contributed by atoms with Gasteiger partial charge in [-0.25, -0.2) is 4.39 Å². The van der Waals surface area contributed by atoms with Crippen molar-refractivity contribution in [3.8, 4) is 5.75 Å². The van der Waals surface area contributed by atoms with E-state index in [-0.39, 0.29) is 17.5 Å². The van der Waals surface area contributed by atoms with Crippen LogP contribution < -0.4 is 10.5 Å². The molecule has 1 aromatic rings. The van der Waals surface area contributed by atoms with Gasteiger partial charge in [-0.1, -0.05) is 6.07 Å². The quantitative estimate of drug-likeness (QED) is 0.772. The first-order chi connectivity index (χ1) is 8.19. The van der Waals surface area contributed by atoms with Gasteiger partial charge >= 0.3 is 0 Å². The summed E-state index contributed by atoms with van der Waals surface area (Å²) in [7, 11) is 0. The molecule has 1 fully saturated rings. The first-order valence-corrected chi connectivity index (χ1v) is 7.16. The summed E-state index contributed by atoms with van der Waals surface area (Å²) in [5.41, 5.74) is 6.96. The summed E-state index contributed by atoms with van der Waals surface area (Å²) in [6.07, 6.45) is 3.03. The van der Waals surface area contributed by atoms with Crippen LogP contribution in [0.5, 0.6) is 5.75 Å². The van der Waals surface area contributed by atoms with Crippen LogP contribution in [0.2, 0.25) is 0 Å². The lowest BCUT2D eigenvalue weighted by Crippen LogP contribution is -2.46. The van der Waals surface area contributed by atoms with Crippen molar-refractivity contribution in [2.24, 2.45) is 5.73 Å². The number of halogens is 1. The molecule has 0 amide bonds. The minimum absolute atomic E-state index is 0.0296. The fourth-order valence-electron chi connectivity index (χ4n) is 2.76. The van der Waals surface area contributed by atoms with Crippen LogP contribution in [-0.2, 0) is 0 Å². The third kappa shape index (κ3) is 2.04. The number of nitrogens with two attached hydrogens (primary N) is 1. The van der Waals surface area contributed by atoms with E-state index in [0.29, 0.717) is 5.75 Å². The zero-order valence-corrected chi connectivity index (χ0v) is 10.4. The molecule has 2 aliphatic rings. The molecule has 4 heteroatoms. The molecule has 0 saturated carbocycles. The number of benzene rings is 1. The lowest BCUT2D eigenvalue weighted by Gasteiger charge is -2.43. The molecule has 0 aliphatic carbocycles. The van der Waals surface area contributed by atoms with Crippen LogP contribution in [0, 0.1) is 5.82 Å². The number of thioether (sulfide) groups is 1. The van der Waals surface area contributed by atoms with E-state index in [2.05, 4.69) is 0 Å². The van der Waals surface area contributed by atoms with E-state index in [1.54, 1.807) is 6.07 Å². The second-order valence-corrected chi connectivity index (χ2v) is 6.04. The Hall–Kier alpha value is -0.740. The Labute approximate surface area is 105 Å². The Kier molecular flexibility index (Phi) is 2.79. The SMILES string of the molecule is NC1CC2(CCCSC2)Oc2cc(F)ccc21. The van der Waals surface area contributed by atoms with E-state index in [1.165, 1.54) is 17.9 Å². The summed E-state index contributed by atoms with van der Waals surface area (Å²) in [6.45, 7) is 0. The van der Waals surface area contributed by atoms with Crippen molar-refractivity contribution in [1.82, 2.24) is 0 Å². The van der Waals surface area contributed by atoms with E-state index in [4.69, 9.17) is 10.5 Å². The van der Waals surface area contributed by atoms with Crippen molar-refractivity contribution < 1.29 is 9.13 Å². The number of ether oxygens (including phenoxy) is 1. The maximum Gasteiger partial charge on any atom is 0.127 e. The first-order valence-electron chi connectivity index (χ1n) is 6.00. The van der Waals surface area contributed by atoms with Gasteiger partial charge < -0.3 is 10.5 Å². The van der Waals surface area contributed by atoms with Crippen LogP contribution in [0.15, 0.2) is 18.2 Å². The summed E-state index contributed by atoms with van der Waals surface area (Å²) < 4.78 is 19.3. The van der Waals surface area contributed by atoms with Crippen LogP contribution in [-0.4, -0.2) is 17.1 Å². The van der Waals surface area contributed by atoms with Crippen molar-refractivity contribution in [1.29, 1.82) is 0 Å². The average molecular weight is 253 g/mol. The molecular weight excluding hydrogens is 237 g/mol. The van der Waals surface area contributed by atoms with Crippen molar-refractivity contribution in [2.75, 3.05) is 11.5 Å². The molecule has 3 rings (SSSR count). The van der Waals surface area contributed by atoms with Gasteiger partial charge in [-0.3, -0.25) is 0 Å². The van der Waals surface area contributed by atoms with Gasteiger partial charge in [-0.05, 0) is 24.7 Å². The number of fused-ring (bicyclic) bond motifs is 1. The first kappa shape index (κ1) is 11.4. The molecule has 0 radical (unpaired) electrons. The maximum absolute atomic E-state index is 13.3. The van der Waals surface area contributed by atoms with Crippen LogP contribution in [0.4, 0.5) is 4.39 Å². The Morgan fingerprint density at radius 1 is 1.47 bits per heavy atom. The Balaban J connectivity index is 1.95. The molecule has 2 atom stereocenters. The second kappa shape index (κ2) is 4.18. The summed E-state index contributed by atoms with van der Waals surface area (Å²) in [6, 6.07) is 4.64. The van der Waals surface area contributed by atoms with Gasteiger partial charge in [-0.15, -0.1) is 0 Å². The predicted octanol–water partition coefficient (Wildman–Crippen LogP) is 2.87. The van der Waals surface area contributed by atoms with Crippen LogP contribution in [0.3, 0.4) is 0 Å². The number of hydrogen-bond donors (Lipinski definition) is 1. The van der Waals surface area contributed by atoms with Gasteiger partial charge in [0.2, 0.25) is 0 Å². The molecule has 1 saturated heterocycles. The number of rotatable bonds is 0. The van der Waals surface area contributed by atoms with E-state index in [1.807, 2.05) is 11.8 Å². The van der Waals surface area contributed by atoms with Gasteiger partial charge in [0, 0.05) is 29.8 Å². The topological polar surface area (TPSA) is 35.2 Å². The highest BCUT2D eigenvalue weighted by Crippen LogP contribution is 2.44. The molecule has 2 unspecified atom stereocenters. The van der Waals surface area contributed by atoms with Crippen molar-refractivity contribution in [3.05, 3.63) is 29.6 Å². The fourth-order valence-corrected chi connectivity index (χ4v) is 3.94. The van der Waals surface area contributed by atoms with Crippen LogP contribution >= 0.6 is 11.8 Å². The monoisotopic (exact) mass is 253 g/mol. The molecule has 92 valence electrons. The van der Waals surface area contributed by atoms with Crippen LogP contribution in [0.25, 0.3) is 0 Å². The third-order valence-electron chi connectivity index (χ3n) is 3.58. The molecule has 1 spiro atoms. The van der Waals surface area contributed by atoms with Crippen LogP contribution in [0.1, 0.15) is 30.9 Å². The molecule has 2 heterocycles. The van der Waals surface area contributed by atoms with Crippen molar-refractivity contribution in [3.63, 3.8) is 0 Å². The fraction of sp³-hybridized carbons (Fsp3) is 0.538. The van der Waals surface area contributed by atoms with E-state index < -0.39 is 0 Å². The lowest BCUT2D eigenvalue weighted by atomic mass is 9.85. The van der Waals surface area contributed by atoms with Gasteiger partial charge in [0.15, 0.2) is 0 Å². The van der Waals surface area contributed by atoms with E-state index >= 15 is 0 Å². The lowest BCUT2D eigenvalue weighted by molar-refractivity contribution is 0.0468. The molecule has 2 aliphatic heterocycles. The molecule has 17 heavy (non-hydrogen) atoms. The van der Waals surface area contributed by atoms with Crippen molar-refractivity contribution in [2.45, 2.75) is 30.9 Å². The Morgan fingerprint density at radius 3 is 3.12 bits per heavy atom. The smallest absolute Gasteiger partial charge is 0.127 e. The predicted molar refractivity (Wildman–Crippen MR) is 67.9 cm³/mol. The Bertz CT molecular complexity index is 431. The number of hydrogen-bond acceptors (Lipinski definition) is 3. The standard InChI is InChI=1S/C13H16FNOS/c14-9-2-3-10-11(15)7-13(16-12(10)6-9)4-1-5-17-8-13/h2-3,6,11H,1,4-5,7-8,15H2. The normalized spacial score (nSPS) is 32.0. The average Bonchev–Trinajstić information content (AvgIpc) is 2.29. The summed E-state index contributed by atoms with van der Waals surface area (Å²) in [4.78, 5) is 0. The summed E-state index contributed by atoms with van der Waals surface area (Å²) >= 11 is 1.91. The summed E-state index contributed by atoms with van der Waals surface area (Å²) in [5, 5.41) is 0. The minimum atomic E-state index is -0.253. The second-order valence-electron chi connectivity index (χ2n) is 4.93. The molecule has 0 aromatic heterocycles. The Morgan fingerprint density at radius 2 is 2.35 bits per heavy atom.